The van der Waals surface area contributed by atoms with Crippen molar-refractivity contribution in [1.82, 2.24) is 4.78 Å². The van der Waals surface area contributed by atoms with Crippen LogP contribution in [0.1, 0.15) is 11.1 Å². The van der Waals surface area contributed by atoms with Crippen molar-refractivity contribution in [3.05, 3.63) is 70.1 Å². The lowest BCUT2D eigenvalue weighted by atomic mass is 10.2. The van der Waals surface area contributed by atoms with Gasteiger partial charge >= 0.3 is 0 Å². The molecule has 0 bridgehead atoms. The molecule has 0 spiro atoms. The second kappa shape index (κ2) is 10.2. The highest BCUT2D eigenvalue weighted by atomic mass is 32.4. The molecule has 0 heterocycles. The largest absolute Gasteiger partial charge is 0.497 e. The SMILES string of the molecule is COc1ccc(/C=N/N(C)[PH](=S)Oc2ccc(C=NN=[N+]=[N-])cc2)cc1. The lowest BCUT2D eigenvalue weighted by Gasteiger charge is -2.16. The van der Waals surface area contributed by atoms with Gasteiger partial charge in [0.25, 0.3) is 0 Å². The van der Waals surface area contributed by atoms with Crippen LogP contribution in [0.4, 0.5) is 0 Å². The Morgan fingerprint density at radius 2 is 1.62 bits per heavy atom. The van der Waals surface area contributed by atoms with Crippen molar-refractivity contribution in [2.75, 3.05) is 14.2 Å². The number of benzene rings is 2. The highest BCUT2D eigenvalue weighted by molar-refractivity contribution is 8.02. The molecule has 0 aliphatic carbocycles. The zero-order chi connectivity index (χ0) is 18.8. The van der Waals surface area contributed by atoms with Gasteiger partial charge in [-0.25, -0.2) is 4.78 Å². The van der Waals surface area contributed by atoms with E-state index in [0.29, 0.717) is 5.75 Å². The van der Waals surface area contributed by atoms with Gasteiger partial charge in [-0.15, -0.1) is 5.53 Å². The summed E-state index contributed by atoms with van der Waals surface area (Å²) in [5, 5.41) is 11.0. The Labute approximate surface area is 156 Å². The van der Waals surface area contributed by atoms with Gasteiger partial charge in [-0.05, 0) is 71.0 Å². The van der Waals surface area contributed by atoms with Gasteiger partial charge < -0.3 is 9.26 Å². The van der Waals surface area contributed by atoms with E-state index in [9.17, 15) is 0 Å². The maximum atomic E-state index is 8.17. The van der Waals surface area contributed by atoms with Crippen molar-refractivity contribution < 1.29 is 9.26 Å². The van der Waals surface area contributed by atoms with Crippen molar-refractivity contribution >= 4 is 31.3 Å². The normalized spacial score (nSPS) is 11.9. The van der Waals surface area contributed by atoms with E-state index >= 15 is 0 Å². The molecule has 0 amide bonds. The third-order valence-electron chi connectivity index (χ3n) is 3.14. The minimum atomic E-state index is -1.74. The Kier molecular flexibility index (Phi) is 7.64. The van der Waals surface area contributed by atoms with Crippen molar-refractivity contribution in [2.24, 2.45) is 15.4 Å². The van der Waals surface area contributed by atoms with E-state index in [2.05, 4.69) is 20.3 Å². The number of azide groups is 1. The van der Waals surface area contributed by atoms with Crippen LogP contribution in [0.5, 0.6) is 11.5 Å². The van der Waals surface area contributed by atoms with Crippen LogP contribution in [-0.2, 0) is 11.8 Å². The zero-order valence-corrected chi connectivity index (χ0v) is 16.0. The van der Waals surface area contributed by atoms with Crippen LogP contribution in [0.2, 0.25) is 0 Å². The highest BCUT2D eigenvalue weighted by Gasteiger charge is 2.03. The van der Waals surface area contributed by atoms with Crippen LogP contribution in [0.25, 0.3) is 10.4 Å². The number of ether oxygens (including phenoxy) is 1. The van der Waals surface area contributed by atoms with E-state index in [1.54, 1.807) is 49.4 Å². The van der Waals surface area contributed by atoms with Crippen molar-refractivity contribution in [1.29, 1.82) is 0 Å². The van der Waals surface area contributed by atoms with Gasteiger partial charge in [0.1, 0.15) is 11.5 Å². The lowest BCUT2D eigenvalue weighted by molar-refractivity contribution is 0.415. The Balaban J connectivity index is 1.93. The topological polar surface area (TPSA) is 95.2 Å². The summed E-state index contributed by atoms with van der Waals surface area (Å²) in [6.07, 6.45) is 3.17. The maximum Gasteiger partial charge on any atom is 0.207 e. The summed E-state index contributed by atoms with van der Waals surface area (Å²) < 4.78 is 12.5. The van der Waals surface area contributed by atoms with Gasteiger partial charge in [0.2, 0.25) is 7.07 Å². The molecule has 2 aromatic rings. The Morgan fingerprint density at radius 3 is 2.19 bits per heavy atom. The Hall–Kier alpha value is -2.86. The second-order valence-electron chi connectivity index (χ2n) is 4.90. The number of hydrogen-bond acceptors (Lipinski definition) is 5. The van der Waals surface area contributed by atoms with Gasteiger partial charge in [0.15, 0.2) is 6.21 Å². The molecular weight excluding hydrogens is 371 g/mol. The summed E-state index contributed by atoms with van der Waals surface area (Å²) in [4.78, 5) is 2.54. The Bertz CT molecular complexity index is 848. The molecule has 0 radical (unpaired) electrons. The molecule has 0 aliphatic rings. The predicted molar refractivity (Wildman–Crippen MR) is 108 cm³/mol. The van der Waals surface area contributed by atoms with Gasteiger partial charge in [0.05, 0.1) is 13.3 Å². The van der Waals surface area contributed by atoms with Crippen molar-refractivity contribution in [2.45, 2.75) is 0 Å². The van der Waals surface area contributed by atoms with Crippen molar-refractivity contribution in [3.63, 3.8) is 0 Å². The average Bonchev–Trinajstić information content (AvgIpc) is 2.68. The van der Waals surface area contributed by atoms with Crippen LogP contribution in [0.15, 0.2) is 64.0 Å². The molecule has 0 saturated carbocycles. The highest BCUT2D eigenvalue weighted by Crippen LogP contribution is 2.30. The minimum Gasteiger partial charge on any atom is -0.497 e. The van der Waals surface area contributed by atoms with Gasteiger partial charge in [-0.1, -0.05) is 0 Å². The number of hydrogen-bond donors (Lipinski definition) is 0. The second-order valence-corrected chi connectivity index (χ2v) is 7.33. The number of methoxy groups -OCH3 is 1. The summed E-state index contributed by atoms with van der Waals surface area (Å²) in [6.45, 7) is 0. The fourth-order valence-electron chi connectivity index (χ4n) is 1.79. The minimum absolute atomic E-state index is 0.640. The molecule has 0 fully saturated rings. The Morgan fingerprint density at radius 1 is 1.04 bits per heavy atom. The first-order valence-electron chi connectivity index (χ1n) is 7.43. The lowest BCUT2D eigenvalue weighted by Crippen LogP contribution is -2.03. The summed E-state index contributed by atoms with van der Waals surface area (Å²) in [7, 11) is 1.66. The average molecular weight is 388 g/mol. The molecule has 8 nitrogen and oxygen atoms in total. The molecule has 1 unspecified atom stereocenters. The van der Waals surface area contributed by atoms with E-state index in [1.165, 1.54) is 6.21 Å². The van der Waals surface area contributed by atoms with Crippen molar-refractivity contribution in [3.8, 4) is 11.5 Å². The van der Waals surface area contributed by atoms with E-state index < -0.39 is 7.07 Å². The molecule has 26 heavy (non-hydrogen) atoms. The number of hydrazone groups is 1. The van der Waals surface area contributed by atoms with Gasteiger partial charge in [0, 0.05) is 17.8 Å². The molecule has 10 heteroatoms. The third-order valence-corrected chi connectivity index (χ3v) is 5.24. The fraction of sp³-hybridized carbons (Fsp3) is 0.125. The van der Waals surface area contributed by atoms with E-state index in [0.717, 1.165) is 16.9 Å². The molecule has 2 aromatic carbocycles. The monoisotopic (exact) mass is 388 g/mol. The van der Waals surface area contributed by atoms with Gasteiger partial charge in [-0.3, -0.25) is 0 Å². The van der Waals surface area contributed by atoms with Crippen LogP contribution >= 0.6 is 7.07 Å². The van der Waals surface area contributed by atoms with E-state index in [4.69, 9.17) is 26.6 Å². The molecular formula is C16H17N6O2PS. The first-order chi connectivity index (χ1) is 12.6. The molecule has 0 aliphatic heterocycles. The maximum absolute atomic E-state index is 8.17. The summed E-state index contributed by atoms with van der Waals surface area (Å²) in [5.74, 6) is 1.43. The third kappa shape index (κ3) is 6.22. The molecule has 0 aromatic heterocycles. The summed E-state index contributed by atoms with van der Waals surface area (Å²) in [6, 6.07) is 14.7. The predicted octanol–water partition coefficient (Wildman–Crippen LogP) is 4.19. The van der Waals surface area contributed by atoms with Crippen LogP contribution in [0, 0.1) is 0 Å². The van der Waals surface area contributed by atoms with Crippen LogP contribution in [-0.4, -0.2) is 31.4 Å². The fourth-order valence-corrected chi connectivity index (χ4v) is 2.85. The smallest absolute Gasteiger partial charge is 0.207 e. The van der Waals surface area contributed by atoms with Gasteiger partial charge in [-0.2, -0.15) is 10.0 Å². The molecule has 2 rings (SSSR count). The number of nitrogens with zero attached hydrogens (tertiary/aromatic N) is 6. The standard InChI is InChI=1S/C16H17N6O2PS/c1-22(19-12-14-3-7-15(23-2)8-4-14)25(26)24-16-9-5-13(6-10-16)11-18-21-20-17/h3-12,25H,1-2H3/b18-11?,19-12+. The molecule has 134 valence electrons. The zero-order valence-electron chi connectivity index (χ0n) is 14.2. The summed E-state index contributed by atoms with van der Waals surface area (Å²) >= 11 is 5.41. The van der Waals surface area contributed by atoms with E-state index in [-0.39, 0.29) is 0 Å². The first-order valence-corrected chi connectivity index (χ1v) is 9.92. The molecule has 0 N–H and O–H groups in total. The molecule has 1 atom stereocenters. The van der Waals surface area contributed by atoms with E-state index in [1.807, 2.05) is 24.3 Å². The first kappa shape index (κ1) is 19.5. The quantitative estimate of drug-likeness (QED) is 0.169. The molecule has 0 saturated heterocycles. The number of rotatable bonds is 8. The summed E-state index contributed by atoms with van der Waals surface area (Å²) in [5.41, 5.74) is 9.90. The van der Waals surface area contributed by atoms with Crippen LogP contribution < -0.4 is 9.26 Å². The van der Waals surface area contributed by atoms with Crippen LogP contribution in [0.3, 0.4) is 0 Å².